The molecule has 4 nitrogen and oxygen atoms in total. The molecule has 0 saturated heterocycles. The van der Waals surface area contributed by atoms with Crippen LogP contribution >= 0.6 is 0 Å². The monoisotopic (exact) mass is 272 g/mol. The Morgan fingerprint density at radius 2 is 2.05 bits per heavy atom. The lowest BCUT2D eigenvalue weighted by molar-refractivity contribution is -0.143. The Balaban J connectivity index is 2.16. The molecule has 0 radical (unpaired) electrons. The van der Waals surface area contributed by atoms with Gasteiger partial charge in [0.15, 0.2) is 0 Å². The van der Waals surface area contributed by atoms with E-state index in [-0.39, 0.29) is 17.9 Å². The summed E-state index contributed by atoms with van der Waals surface area (Å²) in [5.74, 6) is -0.335. The number of nitrogens with zero attached hydrogens (tertiary/aromatic N) is 1. The van der Waals surface area contributed by atoms with Crippen LogP contribution in [0.25, 0.3) is 0 Å². The van der Waals surface area contributed by atoms with Crippen molar-refractivity contribution in [3.63, 3.8) is 0 Å². The Morgan fingerprint density at radius 1 is 1.35 bits per heavy atom. The van der Waals surface area contributed by atoms with E-state index in [4.69, 9.17) is 4.74 Å². The van der Waals surface area contributed by atoms with Gasteiger partial charge in [-0.05, 0) is 18.4 Å². The zero-order valence-electron chi connectivity index (χ0n) is 11.7. The first-order valence-electron chi connectivity index (χ1n) is 7.04. The van der Waals surface area contributed by atoms with Crippen molar-refractivity contribution in [1.29, 1.82) is 5.26 Å². The first-order valence-corrected chi connectivity index (χ1v) is 7.04. The van der Waals surface area contributed by atoms with E-state index in [1.807, 2.05) is 30.3 Å². The molecule has 1 aliphatic carbocycles. The van der Waals surface area contributed by atoms with Crippen LogP contribution in [0.4, 0.5) is 0 Å². The number of nitriles is 1. The van der Waals surface area contributed by atoms with Crippen LogP contribution in [-0.4, -0.2) is 19.1 Å². The van der Waals surface area contributed by atoms with Crippen molar-refractivity contribution in [2.45, 2.75) is 37.8 Å². The van der Waals surface area contributed by atoms with Crippen LogP contribution in [0, 0.1) is 17.2 Å². The molecule has 0 amide bonds. The van der Waals surface area contributed by atoms with Gasteiger partial charge in [0.2, 0.25) is 0 Å². The summed E-state index contributed by atoms with van der Waals surface area (Å²) in [6, 6.07) is 11.4. The maximum atomic E-state index is 12.0. The molecule has 3 atom stereocenters. The lowest BCUT2D eigenvalue weighted by Crippen LogP contribution is -2.43. The molecule has 1 fully saturated rings. The summed E-state index contributed by atoms with van der Waals surface area (Å²) in [5, 5.41) is 12.6. The van der Waals surface area contributed by atoms with E-state index < -0.39 is 6.04 Å². The summed E-state index contributed by atoms with van der Waals surface area (Å²) in [5.41, 5.74) is 0.876. The first-order chi connectivity index (χ1) is 9.76. The predicted molar refractivity (Wildman–Crippen MR) is 75.7 cm³/mol. The van der Waals surface area contributed by atoms with Crippen LogP contribution in [0.1, 0.15) is 37.3 Å². The molecule has 0 aromatic heterocycles. The second-order valence-electron chi connectivity index (χ2n) is 5.16. The van der Waals surface area contributed by atoms with Crippen LogP contribution in [0.15, 0.2) is 30.3 Å². The molecule has 1 N–H and O–H groups in total. The average Bonchev–Trinajstić information content (AvgIpc) is 2.53. The number of hydrogen-bond acceptors (Lipinski definition) is 4. The van der Waals surface area contributed by atoms with Crippen molar-refractivity contribution >= 4 is 5.97 Å². The molecule has 1 saturated carbocycles. The molecule has 20 heavy (non-hydrogen) atoms. The molecule has 1 aromatic carbocycles. The number of esters is 1. The second-order valence-corrected chi connectivity index (χ2v) is 5.16. The summed E-state index contributed by atoms with van der Waals surface area (Å²) in [7, 11) is 1.39. The molecule has 106 valence electrons. The maximum Gasteiger partial charge on any atom is 0.327 e. The third-order valence-corrected chi connectivity index (χ3v) is 3.88. The van der Waals surface area contributed by atoms with E-state index in [2.05, 4.69) is 11.4 Å². The number of hydrogen-bond donors (Lipinski definition) is 1. The largest absolute Gasteiger partial charge is 0.468 e. The maximum absolute atomic E-state index is 12.0. The Bertz CT molecular complexity index is 481. The standard InChI is InChI=1S/C16H20N2O2/c1-20-16(19)15(12-7-3-2-4-8-12)18-14-10-6-5-9-13(14)11-17/h2-4,7-8,13-15,18H,5-6,9-10H2,1H3. The number of ether oxygens (including phenoxy) is 1. The average molecular weight is 272 g/mol. The quantitative estimate of drug-likeness (QED) is 0.856. The summed E-state index contributed by atoms with van der Waals surface area (Å²) >= 11 is 0. The molecule has 1 aromatic rings. The van der Waals surface area contributed by atoms with Gasteiger partial charge in [-0.1, -0.05) is 43.2 Å². The van der Waals surface area contributed by atoms with Gasteiger partial charge < -0.3 is 4.74 Å². The van der Waals surface area contributed by atoms with Gasteiger partial charge in [-0.2, -0.15) is 5.26 Å². The number of methoxy groups -OCH3 is 1. The van der Waals surface area contributed by atoms with Crippen LogP contribution in [-0.2, 0) is 9.53 Å². The van der Waals surface area contributed by atoms with Gasteiger partial charge in [-0.25, -0.2) is 4.79 Å². The molecular formula is C16H20N2O2. The fourth-order valence-corrected chi connectivity index (χ4v) is 2.76. The Labute approximate surface area is 119 Å². The molecule has 2 rings (SSSR count). The van der Waals surface area contributed by atoms with Gasteiger partial charge in [0, 0.05) is 6.04 Å². The van der Waals surface area contributed by atoms with E-state index in [9.17, 15) is 10.1 Å². The van der Waals surface area contributed by atoms with Crippen LogP contribution in [0.2, 0.25) is 0 Å². The fraction of sp³-hybridized carbons (Fsp3) is 0.500. The van der Waals surface area contributed by atoms with Crippen molar-refractivity contribution in [3.8, 4) is 6.07 Å². The molecular weight excluding hydrogens is 252 g/mol. The highest BCUT2D eigenvalue weighted by atomic mass is 16.5. The summed E-state index contributed by atoms with van der Waals surface area (Å²) < 4.78 is 4.89. The van der Waals surface area contributed by atoms with E-state index in [1.54, 1.807) is 0 Å². The van der Waals surface area contributed by atoms with E-state index in [0.29, 0.717) is 0 Å². The fourth-order valence-electron chi connectivity index (χ4n) is 2.76. The number of carbonyl (C=O) groups excluding carboxylic acids is 1. The van der Waals surface area contributed by atoms with Gasteiger partial charge in [0.05, 0.1) is 19.1 Å². The van der Waals surface area contributed by atoms with Crippen LogP contribution < -0.4 is 5.32 Å². The van der Waals surface area contributed by atoms with Gasteiger partial charge in [0.1, 0.15) is 6.04 Å². The summed E-state index contributed by atoms with van der Waals surface area (Å²) in [4.78, 5) is 12.0. The highest BCUT2D eigenvalue weighted by Crippen LogP contribution is 2.26. The molecule has 1 aliphatic rings. The SMILES string of the molecule is COC(=O)C(NC1CCCCC1C#N)c1ccccc1. The van der Waals surface area contributed by atoms with Crippen molar-refractivity contribution in [3.05, 3.63) is 35.9 Å². The van der Waals surface area contributed by atoms with Gasteiger partial charge in [-0.3, -0.25) is 5.32 Å². The van der Waals surface area contributed by atoms with Gasteiger partial charge in [0.25, 0.3) is 0 Å². The minimum absolute atomic E-state index is 0.0281. The Hall–Kier alpha value is -1.86. The zero-order chi connectivity index (χ0) is 14.4. The first kappa shape index (κ1) is 14.5. The topological polar surface area (TPSA) is 62.1 Å². The molecule has 3 unspecified atom stereocenters. The molecule has 0 aliphatic heterocycles. The summed E-state index contributed by atoms with van der Waals surface area (Å²) in [6.45, 7) is 0. The Morgan fingerprint density at radius 3 is 2.70 bits per heavy atom. The lowest BCUT2D eigenvalue weighted by Gasteiger charge is -2.31. The number of carbonyl (C=O) groups is 1. The van der Waals surface area contributed by atoms with Crippen molar-refractivity contribution in [2.24, 2.45) is 5.92 Å². The van der Waals surface area contributed by atoms with Crippen LogP contribution in [0.3, 0.4) is 0 Å². The van der Waals surface area contributed by atoms with Gasteiger partial charge >= 0.3 is 5.97 Å². The van der Waals surface area contributed by atoms with Crippen molar-refractivity contribution < 1.29 is 9.53 Å². The number of nitrogens with one attached hydrogen (secondary N) is 1. The second kappa shape index (κ2) is 7.06. The Kier molecular flexibility index (Phi) is 5.14. The number of rotatable bonds is 4. The predicted octanol–water partition coefficient (Wildman–Crippen LogP) is 2.57. The van der Waals surface area contributed by atoms with Gasteiger partial charge in [-0.15, -0.1) is 0 Å². The lowest BCUT2D eigenvalue weighted by atomic mass is 9.84. The molecule has 0 spiro atoms. The van der Waals surface area contributed by atoms with Crippen molar-refractivity contribution in [1.82, 2.24) is 5.32 Å². The molecule has 0 bridgehead atoms. The minimum atomic E-state index is -0.500. The summed E-state index contributed by atoms with van der Waals surface area (Å²) in [6.07, 6.45) is 4.01. The number of benzene rings is 1. The van der Waals surface area contributed by atoms with Crippen LogP contribution in [0.5, 0.6) is 0 Å². The third kappa shape index (κ3) is 3.37. The highest BCUT2D eigenvalue weighted by molar-refractivity contribution is 5.77. The molecule has 0 heterocycles. The van der Waals surface area contributed by atoms with Crippen molar-refractivity contribution in [2.75, 3.05) is 7.11 Å². The molecule has 4 heteroatoms. The smallest absolute Gasteiger partial charge is 0.327 e. The normalized spacial score (nSPS) is 23.6. The minimum Gasteiger partial charge on any atom is -0.468 e. The third-order valence-electron chi connectivity index (χ3n) is 3.88. The van der Waals surface area contributed by atoms with E-state index in [0.717, 1.165) is 31.2 Å². The zero-order valence-corrected chi connectivity index (χ0v) is 11.7. The highest BCUT2D eigenvalue weighted by Gasteiger charge is 2.30. The van der Waals surface area contributed by atoms with E-state index >= 15 is 0 Å². The van der Waals surface area contributed by atoms with E-state index in [1.165, 1.54) is 7.11 Å².